The summed E-state index contributed by atoms with van der Waals surface area (Å²) < 4.78 is 0. The van der Waals surface area contributed by atoms with Crippen LogP contribution in [-0.2, 0) is 0 Å². The predicted molar refractivity (Wildman–Crippen MR) is 36.0 cm³/mol. The lowest BCUT2D eigenvalue weighted by molar-refractivity contribution is 0.225. The van der Waals surface area contributed by atoms with E-state index in [9.17, 15) is 0 Å². The molecule has 0 amide bonds. The van der Waals surface area contributed by atoms with Crippen molar-refractivity contribution in [3.8, 4) is 0 Å². The summed E-state index contributed by atoms with van der Waals surface area (Å²) in [5.41, 5.74) is 0.120. The van der Waals surface area contributed by atoms with Crippen LogP contribution < -0.4 is 0 Å². The Balaban J connectivity index is 3.37. The summed E-state index contributed by atoms with van der Waals surface area (Å²) in [5.74, 6) is 0. The molecule has 0 saturated heterocycles. The molecule has 2 radical (unpaired) electrons. The molecule has 0 aromatic carbocycles. The number of aliphatic hydroxyl groups excluding tert-OH is 1. The van der Waals surface area contributed by atoms with Gasteiger partial charge in [0.2, 0.25) is 0 Å². The van der Waals surface area contributed by atoms with Crippen molar-refractivity contribution in [3.63, 3.8) is 0 Å². The minimum absolute atomic E-state index is 0.120. The quantitative estimate of drug-likeness (QED) is 0.539. The van der Waals surface area contributed by atoms with Crippen molar-refractivity contribution in [3.05, 3.63) is 0 Å². The maximum atomic E-state index is 8.48. The van der Waals surface area contributed by atoms with Crippen LogP contribution in [0.2, 0.25) is 6.32 Å². The molecule has 1 nitrogen and oxygen atoms in total. The SMILES string of the molecule is [B]CC(C)(C)CCO. The van der Waals surface area contributed by atoms with Crippen LogP contribution in [0.25, 0.3) is 0 Å². The maximum absolute atomic E-state index is 8.48. The monoisotopic (exact) mass is 112 g/mol. The molecule has 1 N–H and O–H groups in total. The average molecular weight is 112 g/mol. The van der Waals surface area contributed by atoms with Gasteiger partial charge in [-0.1, -0.05) is 20.2 Å². The normalized spacial score (nSPS) is 11.9. The molecule has 46 valence electrons. The standard InChI is InChI=1S/C6H13BO/c1-6(2,5-7)3-4-8/h8H,3-5H2,1-2H3. The van der Waals surface area contributed by atoms with Crippen molar-refractivity contribution in [2.24, 2.45) is 5.41 Å². The second kappa shape index (κ2) is 3.13. The number of hydrogen-bond donors (Lipinski definition) is 1. The summed E-state index contributed by atoms with van der Waals surface area (Å²) in [5, 5.41) is 8.48. The molecule has 0 aromatic heterocycles. The molecule has 2 heteroatoms. The second-order valence-corrected chi connectivity index (χ2v) is 2.84. The van der Waals surface area contributed by atoms with E-state index in [-0.39, 0.29) is 12.0 Å². The van der Waals surface area contributed by atoms with E-state index in [4.69, 9.17) is 13.0 Å². The fourth-order valence-corrected chi connectivity index (χ4v) is 0.405. The largest absolute Gasteiger partial charge is 0.396 e. The highest BCUT2D eigenvalue weighted by molar-refractivity contribution is 6.08. The Morgan fingerprint density at radius 1 is 1.50 bits per heavy atom. The Bertz CT molecular complexity index is 61.5. The first-order valence-corrected chi connectivity index (χ1v) is 2.93. The van der Waals surface area contributed by atoms with Gasteiger partial charge in [-0.05, 0) is 11.8 Å². The summed E-state index contributed by atoms with van der Waals surface area (Å²) in [7, 11) is 5.38. The Labute approximate surface area is 52.5 Å². The van der Waals surface area contributed by atoms with Gasteiger partial charge < -0.3 is 5.11 Å². The fourth-order valence-electron chi connectivity index (χ4n) is 0.405. The Kier molecular flexibility index (Phi) is 3.14. The average Bonchev–Trinajstić information content (AvgIpc) is 1.67. The molecule has 0 unspecified atom stereocenters. The van der Waals surface area contributed by atoms with Crippen molar-refractivity contribution in [1.29, 1.82) is 0 Å². The lowest BCUT2D eigenvalue weighted by atomic mass is 9.77. The third kappa shape index (κ3) is 3.08. The van der Waals surface area contributed by atoms with Crippen LogP contribution in [0.15, 0.2) is 0 Å². The van der Waals surface area contributed by atoms with E-state index in [0.29, 0.717) is 6.32 Å². The van der Waals surface area contributed by atoms with Crippen LogP contribution in [0, 0.1) is 5.41 Å². The highest BCUT2D eigenvalue weighted by atomic mass is 16.3. The zero-order valence-corrected chi connectivity index (χ0v) is 5.65. The van der Waals surface area contributed by atoms with Gasteiger partial charge in [-0.25, -0.2) is 0 Å². The van der Waals surface area contributed by atoms with Crippen LogP contribution in [-0.4, -0.2) is 19.6 Å². The highest BCUT2D eigenvalue weighted by Crippen LogP contribution is 2.22. The van der Waals surface area contributed by atoms with Crippen LogP contribution in [0.1, 0.15) is 20.3 Å². The van der Waals surface area contributed by atoms with E-state index in [1.54, 1.807) is 0 Å². The maximum Gasteiger partial charge on any atom is 0.0660 e. The molecule has 0 saturated carbocycles. The minimum Gasteiger partial charge on any atom is -0.396 e. The number of rotatable bonds is 3. The van der Waals surface area contributed by atoms with Gasteiger partial charge in [0.05, 0.1) is 7.85 Å². The minimum atomic E-state index is 0.120. The fraction of sp³-hybridized carbons (Fsp3) is 1.00. The van der Waals surface area contributed by atoms with Gasteiger partial charge in [-0.3, -0.25) is 0 Å². The highest BCUT2D eigenvalue weighted by Gasteiger charge is 2.12. The van der Waals surface area contributed by atoms with Crippen LogP contribution in [0.5, 0.6) is 0 Å². The van der Waals surface area contributed by atoms with Gasteiger partial charge in [-0.15, -0.1) is 0 Å². The molecule has 0 heterocycles. The molecule has 0 bridgehead atoms. The predicted octanol–water partition coefficient (Wildman–Crippen LogP) is 0.982. The van der Waals surface area contributed by atoms with E-state index in [1.807, 2.05) is 13.8 Å². The molecule has 0 aliphatic heterocycles. The van der Waals surface area contributed by atoms with E-state index in [1.165, 1.54) is 0 Å². The van der Waals surface area contributed by atoms with Crippen molar-refractivity contribution in [2.75, 3.05) is 6.61 Å². The van der Waals surface area contributed by atoms with E-state index >= 15 is 0 Å². The lowest BCUT2D eigenvalue weighted by Crippen LogP contribution is -2.11. The third-order valence-electron chi connectivity index (χ3n) is 1.34. The van der Waals surface area contributed by atoms with Gasteiger partial charge >= 0.3 is 0 Å². The zero-order valence-electron chi connectivity index (χ0n) is 5.65. The summed E-state index contributed by atoms with van der Waals surface area (Å²) >= 11 is 0. The molecule has 0 fully saturated rings. The van der Waals surface area contributed by atoms with Crippen molar-refractivity contribution in [2.45, 2.75) is 26.6 Å². The first-order valence-electron chi connectivity index (χ1n) is 2.93. The topological polar surface area (TPSA) is 20.2 Å². The summed E-state index contributed by atoms with van der Waals surface area (Å²) in [6.07, 6.45) is 1.44. The van der Waals surface area contributed by atoms with E-state index < -0.39 is 0 Å². The molecule has 0 rings (SSSR count). The lowest BCUT2D eigenvalue weighted by Gasteiger charge is -2.20. The summed E-state index contributed by atoms with van der Waals surface area (Å²) in [6, 6.07) is 0. The molecule has 0 aromatic rings. The van der Waals surface area contributed by atoms with Gasteiger partial charge in [0.15, 0.2) is 0 Å². The smallest absolute Gasteiger partial charge is 0.0660 e. The van der Waals surface area contributed by atoms with E-state index in [2.05, 4.69) is 0 Å². The van der Waals surface area contributed by atoms with Crippen molar-refractivity contribution < 1.29 is 5.11 Å². The molecule has 0 spiro atoms. The number of aliphatic hydroxyl groups is 1. The number of hydrogen-bond acceptors (Lipinski definition) is 1. The molecular formula is C6H13BO. The molecule has 8 heavy (non-hydrogen) atoms. The van der Waals surface area contributed by atoms with E-state index in [0.717, 1.165) is 6.42 Å². The zero-order chi connectivity index (χ0) is 6.62. The second-order valence-electron chi connectivity index (χ2n) is 2.84. The Morgan fingerprint density at radius 3 is 2.12 bits per heavy atom. The third-order valence-corrected chi connectivity index (χ3v) is 1.34. The van der Waals surface area contributed by atoms with Crippen LogP contribution in [0.4, 0.5) is 0 Å². The van der Waals surface area contributed by atoms with Gasteiger partial charge in [-0.2, -0.15) is 0 Å². The van der Waals surface area contributed by atoms with Gasteiger partial charge in [0.25, 0.3) is 0 Å². The molecule has 0 aliphatic rings. The van der Waals surface area contributed by atoms with Crippen molar-refractivity contribution in [1.82, 2.24) is 0 Å². The summed E-state index contributed by atoms with van der Waals surface area (Å²) in [6.45, 7) is 4.33. The van der Waals surface area contributed by atoms with Crippen LogP contribution in [0.3, 0.4) is 0 Å². The van der Waals surface area contributed by atoms with Crippen molar-refractivity contribution >= 4 is 7.85 Å². The van der Waals surface area contributed by atoms with Gasteiger partial charge in [0, 0.05) is 6.61 Å². The Hall–Kier alpha value is 0.0249. The van der Waals surface area contributed by atoms with Gasteiger partial charge in [0.1, 0.15) is 0 Å². The first kappa shape index (κ1) is 8.02. The Morgan fingerprint density at radius 2 is 2.00 bits per heavy atom. The molecule has 0 aliphatic carbocycles. The molecule has 0 atom stereocenters. The molecular weight excluding hydrogens is 98.9 g/mol. The first-order chi connectivity index (χ1) is 3.62. The van der Waals surface area contributed by atoms with Crippen LogP contribution >= 0.6 is 0 Å². The summed E-state index contributed by atoms with van der Waals surface area (Å²) in [4.78, 5) is 0.